The number of rotatable bonds is 6. The van der Waals surface area contributed by atoms with Crippen molar-refractivity contribution in [1.82, 2.24) is 25.2 Å². The second-order valence-electron chi connectivity index (χ2n) is 8.43. The predicted octanol–water partition coefficient (Wildman–Crippen LogP) is 0.846. The van der Waals surface area contributed by atoms with Gasteiger partial charge in [0.1, 0.15) is 12.1 Å². The summed E-state index contributed by atoms with van der Waals surface area (Å²) in [5.74, 6) is 0.486. The van der Waals surface area contributed by atoms with E-state index in [9.17, 15) is 4.79 Å². The highest BCUT2D eigenvalue weighted by molar-refractivity contribution is 7.59. The minimum atomic E-state index is -0.431. The number of morpholine rings is 1. The van der Waals surface area contributed by atoms with Gasteiger partial charge in [0, 0.05) is 69.5 Å². The van der Waals surface area contributed by atoms with E-state index in [-0.39, 0.29) is 25.5 Å². The Morgan fingerprint density at radius 3 is 2.63 bits per heavy atom. The molecule has 1 aromatic carbocycles. The first-order valence-corrected chi connectivity index (χ1v) is 11.6. The topological polar surface area (TPSA) is 116 Å². The van der Waals surface area contributed by atoms with Gasteiger partial charge in [0.15, 0.2) is 5.82 Å². The molecule has 1 atom stereocenters. The van der Waals surface area contributed by atoms with Gasteiger partial charge in [-0.05, 0) is 18.2 Å². The molecular weight excluding hydrogens is 466 g/mol. The van der Waals surface area contributed by atoms with Gasteiger partial charge in [0.2, 0.25) is 5.91 Å². The normalized spacial score (nSPS) is 18.3. The van der Waals surface area contributed by atoms with Crippen molar-refractivity contribution < 1.29 is 14.6 Å². The van der Waals surface area contributed by atoms with Gasteiger partial charge in [0.05, 0.1) is 23.9 Å². The number of fused-ring (bicyclic) bond motifs is 1. The number of ether oxygens (including phenoxy) is 1. The molecule has 2 aliphatic heterocycles. The van der Waals surface area contributed by atoms with Gasteiger partial charge in [-0.25, -0.2) is 9.97 Å². The summed E-state index contributed by atoms with van der Waals surface area (Å²) in [6.45, 7) is 5.30. The van der Waals surface area contributed by atoms with Crippen LogP contribution in [-0.2, 0) is 9.53 Å². The molecule has 5 rings (SSSR count). The molecular formula is C24H31N7O3S. The van der Waals surface area contributed by atoms with E-state index < -0.39 is 6.61 Å². The fourth-order valence-corrected chi connectivity index (χ4v) is 4.36. The molecule has 2 aromatic heterocycles. The van der Waals surface area contributed by atoms with Crippen molar-refractivity contribution in [3.8, 4) is 11.3 Å². The highest BCUT2D eigenvalue weighted by Gasteiger charge is 2.21. The zero-order valence-corrected chi connectivity index (χ0v) is 20.5. The third-order valence-corrected chi connectivity index (χ3v) is 6.25. The maximum Gasteiger partial charge on any atom is 0.248 e. The first-order valence-electron chi connectivity index (χ1n) is 11.6. The number of piperazine rings is 1. The zero-order valence-electron chi connectivity index (χ0n) is 19.5. The molecule has 0 bridgehead atoms. The minimum absolute atomic E-state index is 0. The Hall–Kier alpha value is -2.99. The van der Waals surface area contributed by atoms with Crippen LogP contribution in [0.25, 0.3) is 22.3 Å². The van der Waals surface area contributed by atoms with Crippen molar-refractivity contribution in [1.29, 1.82) is 0 Å². The van der Waals surface area contributed by atoms with Crippen molar-refractivity contribution in [2.24, 2.45) is 0 Å². The molecule has 0 radical (unpaired) electrons. The Morgan fingerprint density at radius 2 is 1.91 bits per heavy atom. The molecule has 1 amide bonds. The molecule has 11 heteroatoms. The SMILES string of the molecule is O=C(CO)N1CCN(c2ccc(-c3cc4nccnc4c(NC[C@@H]4CNCCO4)n3)cc2)CC1.S. The largest absolute Gasteiger partial charge is 0.387 e. The number of anilines is 2. The lowest BCUT2D eigenvalue weighted by molar-refractivity contribution is -0.134. The third kappa shape index (κ3) is 5.81. The molecule has 2 saturated heterocycles. The summed E-state index contributed by atoms with van der Waals surface area (Å²) in [4.78, 5) is 29.5. The summed E-state index contributed by atoms with van der Waals surface area (Å²) in [5.41, 5.74) is 4.43. The van der Waals surface area contributed by atoms with Crippen LogP contribution in [0.2, 0.25) is 0 Å². The highest BCUT2D eigenvalue weighted by atomic mass is 32.1. The van der Waals surface area contributed by atoms with Gasteiger partial charge in [0.25, 0.3) is 0 Å². The fourth-order valence-electron chi connectivity index (χ4n) is 4.36. The van der Waals surface area contributed by atoms with Crippen molar-refractivity contribution in [2.45, 2.75) is 6.10 Å². The Labute approximate surface area is 211 Å². The molecule has 3 N–H and O–H groups in total. The number of nitrogens with zero attached hydrogens (tertiary/aromatic N) is 5. The average molecular weight is 498 g/mol. The molecule has 0 aliphatic carbocycles. The number of carbonyl (C=O) groups is 1. The molecule has 2 fully saturated rings. The van der Waals surface area contributed by atoms with Gasteiger partial charge >= 0.3 is 0 Å². The molecule has 0 saturated carbocycles. The Kier molecular flexibility index (Phi) is 8.34. The van der Waals surface area contributed by atoms with Crippen LogP contribution in [0.1, 0.15) is 0 Å². The monoisotopic (exact) mass is 497 g/mol. The Morgan fingerprint density at radius 1 is 1.14 bits per heavy atom. The molecule has 3 aromatic rings. The number of benzene rings is 1. The number of pyridine rings is 1. The van der Waals surface area contributed by atoms with Crippen LogP contribution < -0.4 is 15.5 Å². The van der Waals surface area contributed by atoms with E-state index in [2.05, 4.69) is 49.8 Å². The lowest BCUT2D eigenvalue weighted by Crippen LogP contribution is -2.49. The van der Waals surface area contributed by atoms with E-state index in [0.717, 1.165) is 54.2 Å². The standard InChI is InChI=1S/C24H29N7O3.H2S/c32-16-22(33)31-10-8-30(9-11-31)18-3-1-17(2-4-18)20-13-21-23(27-6-5-26-21)24(29-20)28-15-19-14-25-7-12-34-19;/h1-6,13,19,25,32H,7-12,14-16H2,(H,28,29);1H2/t19-;/m0./s1. The lowest BCUT2D eigenvalue weighted by atomic mass is 10.1. The molecule has 0 spiro atoms. The van der Waals surface area contributed by atoms with Crippen molar-refractivity contribution in [2.75, 3.05) is 69.2 Å². The van der Waals surface area contributed by atoms with Gasteiger partial charge in [-0.15, -0.1) is 0 Å². The van der Waals surface area contributed by atoms with Crippen molar-refractivity contribution >= 4 is 41.9 Å². The van der Waals surface area contributed by atoms with Crippen LogP contribution in [0.3, 0.4) is 0 Å². The van der Waals surface area contributed by atoms with Crippen LogP contribution in [0.5, 0.6) is 0 Å². The van der Waals surface area contributed by atoms with E-state index in [1.807, 2.05) is 6.07 Å². The van der Waals surface area contributed by atoms with Gasteiger partial charge in [-0.1, -0.05) is 12.1 Å². The van der Waals surface area contributed by atoms with Crippen molar-refractivity contribution in [3.05, 3.63) is 42.7 Å². The zero-order chi connectivity index (χ0) is 23.3. The van der Waals surface area contributed by atoms with Crippen LogP contribution in [0.15, 0.2) is 42.7 Å². The molecule has 0 unspecified atom stereocenters. The number of amides is 1. The van der Waals surface area contributed by atoms with Crippen LogP contribution >= 0.6 is 13.5 Å². The summed E-state index contributed by atoms with van der Waals surface area (Å²) < 4.78 is 5.80. The molecule has 2 aliphatic rings. The highest BCUT2D eigenvalue weighted by Crippen LogP contribution is 2.27. The Bertz CT molecular complexity index is 1130. The summed E-state index contributed by atoms with van der Waals surface area (Å²) in [6, 6.07) is 10.2. The number of nitrogens with one attached hydrogen (secondary N) is 2. The number of aliphatic hydroxyl groups is 1. The summed E-state index contributed by atoms with van der Waals surface area (Å²) in [5, 5.41) is 15.8. The summed E-state index contributed by atoms with van der Waals surface area (Å²) >= 11 is 0. The van der Waals surface area contributed by atoms with Crippen molar-refractivity contribution in [3.63, 3.8) is 0 Å². The predicted molar refractivity (Wildman–Crippen MR) is 140 cm³/mol. The van der Waals surface area contributed by atoms with Crippen LogP contribution in [0.4, 0.5) is 11.5 Å². The second-order valence-corrected chi connectivity index (χ2v) is 8.43. The Balaban J connectivity index is 0.00000289. The third-order valence-electron chi connectivity index (χ3n) is 6.25. The van der Waals surface area contributed by atoms with E-state index in [4.69, 9.17) is 14.8 Å². The molecule has 10 nitrogen and oxygen atoms in total. The van der Waals surface area contributed by atoms with Gasteiger partial charge in [-0.3, -0.25) is 9.78 Å². The summed E-state index contributed by atoms with van der Waals surface area (Å²) in [6.07, 6.45) is 3.45. The number of hydrogen-bond acceptors (Lipinski definition) is 9. The number of aromatic nitrogens is 3. The number of carbonyl (C=O) groups excluding carboxylic acids is 1. The maximum atomic E-state index is 11.7. The smallest absolute Gasteiger partial charge is 0.248 e. The van der Waals surface area contributed by atoms with Gasteiger partial charge < -0.3 is 30.3 Å². The number of hydrogen-bond donors (Lipinski definition) is 3. The minimum Gasteiger partial charge on any atom is -0.387 e. The average Bonchev–Trinajstić information content (AvgIpc) is 2.92. The molecule has 35 heavy (non-hydrogen) atoms. The molecule has 186 valence electrons. The quantitative estimate of drug-likeness (QED) is 0.456. The van der Waals surface area contributed by atoms with E-state index in [0.29, 0.717) is 32.1 Å². The maximum absolute atomic E-state index is 11.7. The summed E-state index contributed by atoms with van der Waals surface area (Å²) in [7, 11) is 0. The van der Waals surface area contributed by atoms with E-state index in [1.54, 1.807) is 17.3 Å². The lowest BCUT2D eigenvalue weighted by Gasteiger charge is -2.35. The van der Waals surface area contributed by atoms with Crippen LogP contribution in [-0.4, -0.2) is 96.0 Å². The number of aliphatic hydroxyl groups excluding tert-OH is 1. The molecule has 4 heterocycles. The van der Waals surface area contributed by atoms with Crippen LogP contribution in [0, 0.1) is 0 Å². The first-order chi connectivity index (χ1) is 16.7. The van der Waals surface area contributed by atoms with Gasteiger partial charge in [-0.2, -0.15) is 13.5 Å². The van der Waals surface area contributed by atoms with E-state index >= 15 is 0 Å². The van der Waals surface area contributed by atoms with E-state index in [1.165, 1.54) is 0 Å². The fraction of sp³-hybridized carbons (Fsp3) is 0.417. The first kappa shape index (κ1) is 25.1. The second kappa shape index (κ2) is 11.6.